The summed E-state index contributed by atoms with van der Waals surface area (Å²) in [7, 11) is 0. The van der Waals surface area contributed by atoms with E-state index in [9.17, 15) is 22.4 Å². The maximum absolute atomic E-state index is 13.8. The lowest BCUT2D eigenvalue weighted by atomic mass is 9.71. The Bertz CT molecular complexity index is 1150. The number of halogens is 4. The zero-order valence-corrected chi connectivity index (χ0v) is 17.6. The predicted octanol–water partition coefficient (Wildman–Crippen LogP) is 6.57. The van der Waals surface area contributed by atoms with Gasteiger partial charge in [0.1, 0.15) is 5.82 Å². The SMILES string of the molecule is C[C@@H](c1cc(C(F)(F)F)ccc1C(N)=O)C1CCC(c2ccnc3ccc(F)cc23)CC1. The molecule has 0 saturated heterocycles. The Morgan fingerprint density at radius 3 is 2.44 bits per heavy atom. The minimum atomic E-state index is -4.49. The minimum Gasteiger partial charge on any atom is -0.366 e. The number of pyridine rings is 1. The smallest absolute Gasteiger partial charge is 0.366 e. The molecule has 7 heteroatoms. The second kappa shape index (κ2) is 8.52. The number of benzene rings is 2. The number of primary amides is 1. The van der Waals surface area contributed by atoms with Crippen molar-refractivity contribution in [2.24, 2.45) is 11.7 Å². The third kappa shape index (κ3) is 4.33. The summed E-state index contributed by atoms with van der Waals surface area (Å²) in [4.78, 5) is 16.2. The molecule has 0 unspecified atom stereocenters. The van der Waals surface area contributed by atoms with Gasteiger partial charge in [0.05, 0.1) is 11.1 Å². The highest BCUT2D eigenvalue weighted by atomic mass is 19.4. The van der Waals surface area contributed by atoms with Crippen molar-refractivity contribution < 1.29 is 22.4 Å². The van der Waals surface area contributed by atoms with Crippen LogP contribution < -0.4 is 5.73 Å². The fraction of sp³-hybridized carbons (Fsp3) is 0.360. The van der Waals surface area contributed by atoms with Crippen LogP contribution in [0.3, 0.4) is 0 Å². The number of hydrogen-bond acceptors (Lipinski definition) is 2. The molecule has 3 nitrogen and oxygen atoms in total. The molecule has 168 valence electrons. The van der Waals surface area contributed by atoms with Crippen molar-refractivity contribution in [2.75, 3.05) is 0 Å². The first-order chi connectivity index (χ1) is 15.1. The molecule has 0 radical (unpaired) electrons. The Hall–Kier alpha value is -2.96. The van der Waals surface area contributed by atoms with Crippen LogP contribution in [0.15, 0.2) is 48.7 Å². The average Bonchev–Trinajstić information content (AvgIpc) is 2.77. The van der Waals surface area contributed by atoms with Gasteiger partial charge >= 0.3 is 6.18 Å². The van der Waals surface area contributed by atoms with Crippen LogP contribution in [0.5, 0.6) is 0 Å². The van der Waals surface area contributed by atoms with Gasteiger partial charge in [0, 0.05) is 17.1 Å². The molecule has 1 fully saturated rings. The third-order valence-electron chi connectivity index (χ3n) is 6.79. The zero-order valence-electron chi connectivity index (χ0n) is 17.6. The van der Waals surface area contributed by atoms with Crippen LogP contribution in [0.2, 0.25) is 0 Å². The molecule has 4 rings (SSSR count). The summed E-state index contributed by atoms with van der Waals surface area (Å²) in [6, 6.07) is 9.64. The standard InChI is InChI=1S/C25H24F4N2O/c1-14(21-12-17(25(27,28)29)6-8-20(21)24(30)32)15-2-4-16(5-3-15)19-10-11-31-23-9-7-18(26)13-22(19)23/h6-16H,2-5H2,1H3,(H2,30,32)/t14-,15?,16?/m1/s1. The quantitative estimate of drug-likeness (QED) is 0.463. The molecule has 2 aromatic carbocycles. The molecule has 1 aromatic heterocycles. The van der Waals surface area contributed by atoms with Crippen LogP contribution in [-0.2, 0) is 6.18 Å². The van der Waals surface area contributed by atoms with Crippen molar-refractivity contribution in [1.29, 1.82) is 0 Å². The van der Waals surface area contributed by atoms with Crippen LogP contribution in [-0.4, -0.2) is 10.9 Å². The van der Waals surface area contributed by atoms with Gasteiger partial charge in [-0.05, 0) is 97.0 Å². The Labute approximate surface area is 183 Å². The lowest BCUT2D eigenvalue weighted by Gasteiger charge is -2.34. The van der Waals surface area contributed by atoms with E-state index in [1.54, 1.807) is 12.3 Å². The molecule has 3 aromatic rings. The second-order valence-electron chi connectivity index (χ2n) is 8.63. The molecule has 1 saturated carbocycles. The lowest BCUT2D eigenvalue weighted by Crippen LogP contribution is -2.22. The Morgan fingerprint density at radius 2 is 1.78 bits per heavy atom. The monoisotopic (exact) mass is 444 g/mol. The van der Waals surface area contributed by atoms with E-state index in [1.165, 1.54) is 18.2 Å². The van der Waals surface area contributed by atoms with Crippen molar-refractivity contribution >= 4 is 16.8 Å². The average molecular weight is 444 g/mol. The van der Waals surface area contributed by atoms with Gasteiger partial charge in [0.25, 0.3) is 0 Å². The molecule has 0 aliphatic heterocycles. The first kappa shape index (κ1) is 22.2. The predicted molar refractivity (Wildman–Crippen MR) is 115 cm³/mol. The number of aromatic nitrogens is 1. The van der Waals surface area contributed by atoms with Gasteiger partial charge in [0.15, 0.2) is 0 Å². The van der Waals surface area contributed by atoms with E-state index in [1.807, 2.05) is 13.0 Å². The molecule has 2 N–H and O–H groups in total. The van der Waals surface area contributed by atoms with E-state index in [2.05, 4.69) is 4.98 Å². The van der Waals surface area contributed by atoms with Gasteiger partial charge in [-0.3, -0.25) is 9.78 Å². The lowest BCUT2D eigenvalue weighted by molar-refractivity contribution is -0.137. The summed E-state index contributed by atoms with van der Waals surface area (Å²) in [5.41, 5.74) is 6.97. The summed E-state index contributed by atoms with van der Waals surface area (Å²) in [5, 5.41) is 0.804. The van der Waals surface area contributed by atoms with Gasteiger partial charge in [0.2, 0.25) is 5.91 Å². The van der Waals surface area contributed by atoms with Crippen molar-refractivity contribution in [1.82, 2.24) is 4.98 Å². The number of fused-ring (bicyclic) bond motifs is 1. The van der Waals surface area contributed by atoms with Crippen LogP contribution in [0.25, 0.3) is 10.9 Å². The maximum Gasteiger partial charge on any atom is 0.416 e. The fourth-order valence-corrected chi connectivity index (χ4v) is 5.02. The molecule has 1 amide bonds. The Balaban J connectivity index is 1.57. The molecule has 1 atom stereocenters. The van der Waals surface area contributed by atoms with Crippen molar-refractivity contribution in [3.05, 3.63) is 76.7 Å². The number of amides is 1. The molecule has 0 bridgehead atoms. The van der Waals surface area contributed by atoms with Crippen molar-refractivity contribution in [3.63, 3.8) is 0 Å². The van der Waals surface area contributed by atoms with Gasteiger partial charge in [-0.2, -0.15) is 13.2 Å². The van der Waals surface area contributed by atoms with Crippen LogP contribution in [0.4, 0.5) is 17.6 Å². The summed E-state index contributed by atoms with van der Waals surface area (Å²) in [5.74, 6) is -0.926. The number of hydrogen-bond donors (Lipinski definition) is 1. The van der Waals surface area contributed by atoms with Gasteiger partial charge in [-0.1, -0.05) is 6.92 Å². The minimum absolute atomic E-state index is 0.123. The van der Waals surface area contributed by atoms with Gasteiger partial charge in [-0.15, -0.1) is 0 Å². The number of rotatable bonds is 4. The van der Waals surface area contributed by atoms with E-state index in [0.717, 1.165) is 54.3 Å². The molecule has 1 aliphatic carbocycles. The van der Waals surface area contributed by atoms with E-state index >= 15 is 0 Å². The summed E-state index contributed by atoms with van der Waals surface area (Å²) < 4.78 is 53.6. The highest BCUT2D eigenvalue weighted by molar-refractivity contribution is 5.94. The van der Waals surface area contributed by atoms with Crippen molar-refractivity contribution in [2.45, 2.75) is 50.6 Å². The number of carbonyl (C=O) groups is 1. The van der Waals surface area contributed by atoms with Crippen LogP contribution in [0.1, 0.15) is 71.5 Å². The van der Waals surface area contributed by atoms with Gasteiger partial charge in [-0.25, -0.2) is 4.39 Å². The molecular formula is C25H24F4N2O. The fourth-order valence-electron chi connectivity index (χ4n) is 5.02. The van der Waals surface area contributed by atoms with Crippen LogP contribution in [0, 0.1) is 11.7 Å². The summed E-state index contributed by atoms with van der Waals surface area (Å²) in [6.07, 6.45) is 0.482. The number of carbonyl (C=O) groups excluding carboxylic acids is 1. The van der Waals surface area contributed by atoms with Crippen LogP contribution >= 0.6 is 0 Å². The van der Waals surface area contributed by atoms with E-state index in [-0.39, 0.29) is 29.1 Å². The summed E-state index contributed by atoms with van der Waals surface area (Å²) in [6.45, 7) is 1.87. The maximum atomic E-state index is 13.8. The molecule has 1 heterocycles. The summed E-state index contributed by atoms with van der Waals surface area (Å²) >= 11 is 0. The highest BCUT2D eigenvalue weighted by Crippen LogP contribution is 2.44. The van der Waals surface area contributed by atoms with E-state index in [4.69, 9.17) is 5.73 Å². The molecule has 32 heavy (non-hydrogen) atoms. The Morgan fingerprint density at radius 1 is 1.06 bits per heavy atom. The third-order valence-corrected chi connectivity index (χ3v) is 6.79. The largest absolute Gasteiger partial charge is 0.416 e. The number of nitrogens with two attached hydrogens (primary N) is 1. The van der Waals surface area contributed by atoms with E-state index < -0.39 is 17.6 Å². The number of nitrogens with zero attached hydrogens (tertiary/aromatic N) is 1. The first-order valence-corrected chi connectivity index (χ1v) is 10.7. The molecule has 0 spiro atoms. The highest BCUT2D eigenvalue weighted by Gasteiger charge is 2.34. The normalized spacial score (nSPS) is 20.3. The van der Waals surface area contributed by atoms with Crippen molar-refractivity contribution in [3.8, 4) is 0 Å². The van der Waals surface area contributed by atoms with Gasteiger partial charge < -0.3 is 5.73 Å². The van der Waals surface area contributed by atoms with E-state index in [0.29, 0.717) is 5.56 Å². The second-order valence-corrected chi connectivity index (χ2v) is 8.63. The molecule has 1 aliphatic rings. The topological polar surface area (TPSA) is 56.0 Å². The first-order valence-electron chi connectivity index (χ1n) is 10.7. The zero-order chi connectivity index (χ0) is 23.0. The number of alkyl halides is 3. The molecular weight excluding hydrogens is 420 g/mol. The Kier molecular flexibility index (Phi) is 5.93.